The number of nitrogens with one attached hydrogen (secondary N) is 2. The zero-order valence-electron chi connectivity index (χ0n) is 18.7. The first-order valence-corrected chi connectivity index (χ1v) is 12.5. The lowest BCUT2D eigenvalue weighted by atomic mass is 10.1. The van der Waals surface area contributed by atoms with Crippen LogP contribution in [0.4, 0.5) is 0 Å². The van der Waals surface area contributed by atoms with Crippen molar-refractivity contribution in [2.24, 2.45) is 5.10 Å². The Hall–Kier alpha value is -3.33. The van der Waals surface area contributed by atoms with E-state index in [1.165, 1.54) is 11.8 Å². The highest BCUT2D eigenvalue weighted by molar-refractivity contribution is 7.99. The van der Waals surface area contributed by atoms with Gasteiger partial charge in [-0.1, -0.05) is 30.1 Å². The Bertz CT molecular complexity index is 1340. The molecule has 0 aliphatic heterocycles. The highest BCUT2D eigenvalue weighted by Gasteiger charge is 2.24. The number of benzene rings is 3. The second-order valence-corrected chi connectivity index (χ2v) is 9.27. The topological polar surface area (TPSA) is 94.2 Å². The lowest BCUT2D eigenvalue weighted by Crippen LogP contribution is -2.34. The van der Waals surface area contributed by atoms with Crippen LogP contribution in [0.1, 0.15) is 18.9 Å². The van der Waals surface area contributed by atoms with Gasteiger partial charge in [-0.3, -0.25) is 4.79 Å². The first kappa shape index (κ1) is 24.8. The second kappa shape index (κ2) is 11.4. The van der Waals surface area contributed by atoms with Crippen LogP contribution >= 0.6 is 35.0 Å². The fourth-order valence-electron chi connectivity index (χ4n) is 3.32. The number of thioether (sulfide) groups is 1. The molecule has 4 rings (SSSR count). The van der Waals surface area contributed by atoms with Gasteiger partial charge in [-0.2, -0.15) is 9.67 Å². The molecule has 0 atom stereocenters. The van der Waals surface area contributed by atoms with E-state index in [4.69, 9.17) is 23.2 Å². The molecule has 178 valence electrons. The number of aromatic amines is 1. The molecule has 0 unspecified atom stereocenters. The normalized spacial score (nSPS) is 11.5. The summed E-state index contributed by atoms with van der Waals surface area (Å²) in [5.74, 6) is 0.758. The van der Waals surface area contributed by atoms with Gasteiger partial charge < -0.3 is 5.11 Å². The van der Waals surface area contributed by atoms with Crippen molar-refractivity contribution >= 4 is 46.6 Å². The van der Waals surface area contributed by atoms with Gasteiger partial charge in [-0.25, -0.2) is 5.43 Å². The van der Waals surface area contributed by atoms with Crippen molar-refractivity contribution in [2.75, 3.05) is 5.75 Å². The number of carbonyl (C=O) groups excluding carboxylic acids is 1. The number of hydrogen-bond donors (Lipinski definition) is 3. The zero-order chi connectivity index (χ0) is 24.8. The third-order valence-electron chi connectivity index (χ3n) is 5.06. The van der Waals surface area contributed by atoms with E-state index < -0.39 is 0 Å². The molecular formula is C25H22Cl2N5O2S+. The number of rotatable bonds is 8. The van der Waals surface area contributed by atoms with Crippen LogP contribution in [0.5, 0.6) is 5.75 Å². The molecule has 4 aromatic rings. The number of halogens is 2. The lowest BCUT2D eigenvalue weighted by molar-refractivity contribution is -0.625. The molecule has 1 amide bonds. The Morgan fingerprint density at radius 2 is 1.66 bits per heavy atom. The summed E-state index contributed by atoms with van der Waals surface area (Å²) >= 11 is 13.4. The SMILES string of the molecule is CCC(=NNC(=O)CSc1n[nH]c(-c2ccc(Cl)cc2)[n+]1-c1ccc(Cl)cc1)c1ccc(O)cc1. The Kier molecular flexibility index (Phi) is 8.07. The maximum Gasteiger partial charge on any atom is 0.342 e. The average Bonchev–Trinajstić information content (AvgIpc) is 3.29. The first-order valence-electron chi connectivity index (χ1n) is 10.7. The molecule has 7 nitrogen and oxygen atoms in total. The van der Waals surface area contributed by atoms with E-state index in [9.17, 15) is 9.90 Å². The van der Waals surface area contributed by atoms with Gasteiger partial charge in [0.1, 0.15) is 11.4 Å². The summed E-state index contributed by atoms with van der Waals surface area (Å²) in [6.07, 6.45) is 0.624. The molecule has 0 saturated heterocycles. The summed E-state index contributed by atoms with van der Waals surface area (Å²) in [6, 6.07) is 21.5. The largest absolute Gasteiger partial charge is 0.508 e. The molecule has 35 heavy (non-hydrogen) atoms. The van der Waals surface area contributed by atoms with E-state index in [0.29, 0.717) is 27.3 Å². The van der Waals surface area contributed by atoms with E-state index in [1.807, 2.05) is 47.9 Å². The van der Waals surface area contributed by atoms with Gasteiger partial charge >= 0.3 is 5.16 Å². The molecule has 0 aliphatic carbocycles. The van der Waals surface area contributed by atoms with Gasteiger partial charge in [0.15, 0.2) is 0 Å². The maximum absolute atomic E-state index is 12.6. The third-order valence-corrected chi connectivity index (χ3v) is 6.50. The summed E-state index contributed by atoms with van der Waals surface area (Å²) < 4.78 is 1.93. The predicted molar refractivity (Wildman–Crippen MR) is 139 cm³/mol. The van der Waals surface area contributed by atoms with Crippen molar-refractivity contribution in [1.82, 2.24) is 15.6 Å². The van der Waals surface area contributed by atoms with Crippen molar-refractivity contribution < 1.29 is 14.5 Å². The molecule has 1 heterocycles. The molecule has 10 heteroatoms. The molecule has 0 aliphatic rings. The predicted octanol–water partition coefficient (Wildman–Crippen LogP) is 5.39. The van der Waals surface area contributed by atoms with Gasteiger partial charge in [-0.05, 0) is 96.5 Å². The number of H-pyrrole nitrogens is 1. The monoisotopic (exact) mass is 526 g/mol. The fourth-order valence-corrected chi connectivity index (χ4v) is 4.33. The molecule has 0 spiro atoms. The molecule has 1 aromatic heterocycles. The van der Waals surface area contributed by atoms with E-state index in [2.05, 4.69) is 20.7 Å². The average molecular weight is 527 g/mol. The lowest BCUT2D eigenvalue weighted by Gasteiger charge is -2.06. The Morgan fingerprint density at radius 3 is 2.29 bits per heavy atom. The number of nitrogens with zero attached hydrogens (tertiary/aromatic N) is 3. The summed E-state index contributed by atoms with van der Waals surface area (Å²) in [4.78, 5) is 12.6. The standard InChI is InChI=1S/C25H21Cl2N5O2S/c1-2-22(16-5-13-21(33)14-6-16)28-29-23(34)15-35-25-31-30-24(17-3-7-18(26)8-4-17)32(25)20-11-9-19(27)10-12-20/h3-14H,2,15H2,1H3,(H2,28,29,33,34)/p+1. The third kappa shape index (κ3) is 6.22. The minimum atomic E-state index is -0.265. The summed E-state index contributed by atoms with van der Waals surface area (Å²) in [7, 11) is 0. The van der Waals surface area contributed by atoms with Crippen molar-refractivity contribution in [1.29, 1.82) is 0 Å². The molecule has 0 bridgehead atoms. The van der Waals surface area contributed by atoms with Crippen LogP contribution in [0.3, 0.4) is 0 Å². The molecule has 3 N–H and O–H groups in total. The fraction of sp³-hybridized carbons (Fsp3) is 0.120. The molecule has 0 fully saturated rings. The Balaban J connectivity index is 1.53. The molecule has 0 saturated carbocycles. The zero-order valence-corrected chi connectivity index (χ0v) is 21.0. The minimum Gasteiger partial charge on any atom is -0.508 e. The van der Waals surface area contributed by atoms with Gasteiger partial charge in [0.25, 0.3) is 11.7 Å². The second-order valence-electron chi connectivity index (χ2n) is 7.46. The Labute approximate surface area is 216 Å². The van der Waals surface area contributed by atoms with Crippen LogP contribution < -0.4 is 9.99 Å². The van der Waals surface area contributed by atoms with E-state index in [-0.39, 0.29) is 17.4 Å². The number of phenols is 1. The number of aromatic nitrogens is 3. The van der Waals surface area contributed by atoms with Crippen LogP contribution in [0, 0.1) is 0 Å². The highest BCUT2D eigenvalue weighted by atomic mass is 35.5. The summed E-state index contributed by atoms with van der Waals surface area (Å²) in [5, 5.41) is 23.1. The number of amides is 1. The van der Waals surface area contributed by atoms with E-state index in [1.54, 1.807) is 36.4 Å². The van der Waals surface area contributed by atoms with Gasteiger partial charge in [0.2, 0.25) is 0 Å². The first-order chi connectivity index (χ1) is 16.9. The van der Waals surface area contributed by atoms with Crippen molar-refractivity contribution in [3.05, 3.63) is 88.4 Å². The van der Waals surface area contributed by atoms with Crippen molar-refractivity contribution in [2.45, 2.75) is 18.5 Å². The number of hydrazone groups is 1. The summed E-state index contributed by atoms with van der Waals surface area (Å²) in [6.45, 7) is 1.95. The van der Waals surface area contributed by atoms with Crippen molar-refractivity contribution in [3.63, 3.8) is 0 Å². The minimum absolute atomic E-state index is 0.106. The number of aromatic hydroxyl groups is 1. The van der Waals surface area contributed by atoms with E-state index in [0.717, 1.165) is 22.6 Å². The van der Waals surface area contributed by atoms with Crippen LogP contribution in [0.25, 0.3) is 17.1 Å². The quantitative estimate of drug-likeness (QED) is 0.124. The summed E-state index contributed by atoms with van der Waals surface area (Å²) in [5.41, 5.74) is 5.89. The maximum atomic E-state index is 12.6. The Morgan fingerprint density at radius 1 is 1.03 bits per heavy atom. The highest BCUT2D eigenvalue weighted by Crippen LogP contribution is 2.22. The van der Waals surface area contributed by atoms with Gasteiger partial charge in [-0.15, -0.1) is 5.10 Å². The molecule has 0 radical (unpaired) electrons. The van der Waals surface area contributed by atoms with Gasteiger partial charge in [0, 0.05) is 10.0 Å². The number of phenolic OH excluding ortho intramolecular Hbond substituents is 1. The molecular weight excluding hydrogens is 505 g/mol. The van der Waals surface area contributed by atoms with Crippen LogP contribution in [0.15, 0.2) is 83.1 Å². The van der Waals surface area contributed by atoms with Crippen LogP contribution in [-0.2, 0) is 4.79 Å². The van der Waals surface area contributed by atoms with Crippen molar-refractivity contribution in [3.8, 4) is 22.8 Å². The number of hydrogen-bond acceptors (Lipinski definition) is 5. The van der Waals surface area contributed by atoms with E-state index >= 15 is 0 Å². The molecule has 3 aromatic carbocycles. The smallest absolute Gasteiger partial charge is 0.342 e. The van der Waals surface area contributed by atoms with Gasteiger partial charge in [0.05, 0.1) is 22.1 Å². The van der Waals surface area contributed by atoms with Crippen LogP contribution in [-0.4, -0.2) is 32.7 Å². The van der Waals surface area contributed by atoms with Crippen LogP contribution in [0.2, 0.25) is 10.0 Å². The number of carbonyl (C=O) groups is 1.